The predicted molar refractivity (Wildman–Crippen MR) is 172 cm³/mol. The van der Waals surface area contributed by atoms with E-state index in [9.17, 15) is 19.8 Å². The van der Waals surface area contributed by atoms with Gasteiger partial charge in [-0.2, -0.15) is 4.09 Å². The molecule has 0 spiro atoms. The summed E-state index contributed by atoms with van der Waals surface area (Å²) in [4.78, 5) is 28.1. The first-order valence-electron chi connectivity index (χ1n) is 13.8. The molecule has 0 atom stereocenters. The summed E-state index contributed by atoms with van der Waals surface area (Å²) in [6.07, 6.45) is 0.788. The van der Waals surface area contributed by atoms with Crippen molar-refractivity contribution >= 4 is 35.6 Å². The minimum Gasteiger partial charge on any atom is -0.478 e. The van der Waals surface area contributed by atoms with E-state index in [2.05, 4.69) is 13.8 Å². The largest absolute Gasteiger partial charge is 0.478 e. The SMILES string of the molecule is CC(C)Cc1nc(SCc2ccc(-c3ccccc3C(=O)O)cc2)n(SCc2ccc(-c3ccccc3C(=O)O)cc2)n1. The van der Waals surface area contributed by atoms with Crippen molar-refractivity contribution in [2.75, 3.05) is 0 Å². The summed E-state index contributed by atoms with van der Waals surface area (Å²) < 4.78 is 1.90. The maximum Gasteiger partial charge on any atom is 0.336 e. The van der Waals surface area contributed by atoms with Gasteiger partial charge in [-0.15, -0.1) is 5.10 Å². The molecule has 5 aromatic rings. The topological polar surface area (TPSA) is 105 Å². The van der Waals surface area contributed by atoms with E-state index in [0.29, 0.717) is 28.6 Å². The summed E-state index contributed by atoms with van der Waals surface area (Å²) >= 11 is 3.19. The zero-order chi connectivity index (χ0) is 30.3. The van der Waals surface area contributed by atoms with Gasteiger partial charge in [-0.3, -0.25) is 0 Å². The quantitative estimate of drug-likeness (QED) is 0.136. The van der Waals surface area contributed by atoms with Crippen LogP contribution < -0.4 is 0 Å². The Morgan fingerprint density at radius 3 is 1.70 bits per heavy atom. The van der Waals surface area contributed by atoms with Crippen LogP contribution in [0.5, 0.6) is 0 Å². The maximum absolute atomic E-state index is 11.6. The third-order valence-corrected chi connectivity index (χ3v) is 8.83. The number of aromatic nitrogens is 3. The van der Waals surface area contributed by atoms with Crippen molar-refractivity contribution in [3.05, 3.63) is 125 Å². The Kier molecular flexibility index (Phi) is 9.64. The monoisotopic (exact) mass is 609 g/mol. The fourth-order valence-electron chi connectivity index (χ4n) is 4.63. The molecule has 1 aromatic heterocycles. The zero-order valence-electron chi connectivity index (χ0n) is 23.8. The van der Waals surface area contributed by atoms with Crippen molar-refractivity contribution in [1.29, 1.82) is 0 Å². The van der Waals surface area contributed by atoms with Gasteiger partial charge < -0.3 is 10.2 Å². The molecule has 2 N–H and O–H groups in total. The second kappa shape index (κ2) is 13.8. The van der Waals surface area contributed by atoms with Gasteiger partial charge in [0.1, 0.15) is 0 Å². The number of carboxylic acids is 2. The highest BCUT2D eigenvalue weighted by atomic mass is 32.2. The van der Waals surface area contributed by atoms with Crippen molar-refractivity contribution in [2.24, 2.45) is 5.92 Å². The molecular formula is C34H31N3O4S2. The molecule has 0 bridgehead atoms. The summed E-state index contributed by atoms with van der Waals surface area (Å²) in [6.45, 7) is 4.30. The van der Waals surface area contributed by atoms with E-state index in [1.54, 1.807) is 48.0 Å². The Balaban J connectivity index is 1.28. The highest BCUT2D eigenvalue weighted by molar-refractivity contribution is 8.00. The van der Waals surface area contributed by atoms with Gasteiger partial charge in [-0.25, -0.2) is 14.6 Å². The normalized spacial score (nSPS) is 11.1. The molecule has 43 heavy (non-hydrogen) atoms. The summed E-state index contributed by atoms with van der Waals surface area (Å²) in [6, 6.07) is 29.9. The third-order valence-electron chi connectivity index (χ3n) is 6.75. The minimum absolute atomic E-state index is 0.284. The molecule has 0 saturated heterocycles. The van der Waals surface area contributed by atoms with Gasteiger partial charge in [-0.1, -0.05) is 111 Å². The average Bonchev–Trinajstić information content (AvgIpc) is 3.40. The molecule has 0 amide bonds. The van der Waals surface area contributed by atoms with Gasteiger partial charge in [0, 0.05) is 17.9 Å². The van der Waals surface area contributed by atoms with Crippen LogP contribution in [-0.2, 0) is 17.9 Å². The number of hydrogen-bond donors (Lipinski definition) is 2. The number of aromatic carboxylic acids is 2. The Bertz CT molecular complexity index is 1610. The van der Waals surface area contributed by atoms with Crippen LogP contribution in [0, 0.1) is 5.92 Å². The van der Waals surface area contributed by atoms with E-state index in [1.165, 1.54) is 0 Å². The molecule has 0 aliphatic carbocycles. The van der Waals surface area contributed by atoms with Crippen LogP contribution in [0.25, 0.3) is 22.3 Å². The van der Waals surface area contributed by atoms with Crippen molar-refractivity contribution < 1.29 is 19.8 Å². The van der Waals surface area contributed by atoms with E-state index in [0.717, 1.165) is 39.7 Å². The molecule has 9 heteroatoms. The number of benzene rings is 4. The number of rotatable bonds is 12. The van der Waals surface area contributed by atoms with Crippen molar-refractivity contribution in [1.82, 2.24) is 14.2 Å². The second-order valence-corrected chi connectivity index (χ2v) is 12.3. The van der Waals surface area contributed by atoms with Crippen molar-refractivity contribution in [3.8, 4) is 22.3 Å². The average molecular weight is 610 g/mol. The van der Waals surface area contributed by atoms with E-state index in [4.69, 9.17) is 10.1 Å². The Morgan fingerprint density at radius 2 is 1.21 bits per heavy atom. The van der Waals surface area contributed by atoms with Crippen LogP contribution in [0.2, 0.25) is 0 Å². The molecule has 218 valence electrons. The number of nitrogens with zero attached hydrogens (tertiary/aromatic N) is 3. The van der Waals surface area contributed by atoms with Gasteiger partial charge in [0.2, 0.25) is 0 Å². The molecule has 0 unspecified atom stereocenters. The van der Waals surface area contributed by atoms with E-state index in [-0.39, 0.29) is 11.1 Å². The number of hydrogen-bond acceptors (Lipinski definition) is 6. The van der Waals surface area contributed by atoms with Crippen LogP contribution in [-0.4, -0.2) is 36.3 Å². The van der Waals surface area contributed by atoms with Crippen LogP contribution in [0.4, 0.5) is 0 Å². The molecule has 0 aliphatic heterocycles. The van der Waals surface area contributed by atoms with Gasteiger partial charge in [-0.05, 0) is 63.4 Å². The first kappa shape index (κ1) is 30.1. The van der Waals surface area contributed by atoms with E-state index in [1.807, 2.05) is 76.9 Å². The Morgan fingerprint density at radius 1 is 0.721 bits per heavy atom. The lowest BCUT2D eigenvalue weighted by molar-refractivity contribution is 0.0687. The van der Waals surface area contributed by atoms with Gasteiger partial charge in [0.25, 0.3) is 0 Å². The standard InChI is InChI=1S/C34H31N3O4S2/c1-22(2)19-31-35-34(42-20-23-11-15-25(16-12-23)27-7-3-5-9-29(27)32(38)39)37(36-31)43-21-24-13-17-26(18-14-24)28-8-4-6-10-30(28)33(40)41/h3-18,22H,19-21H2,1-2H3,(H,38,39)(H,40,41). The summed E-state index contributed by atoms with van der Waals surface area (Å²) in [5, 5.41) is 24.7. The molecule has 0 fully saturated rings. The van der Waals surface area contributed by atoms with Gasteiger partial charge in [0.05, 0.1) is 11.1 Å². The van der Waals surface area contributed by atoms with Crippen molar-refractivity contribution in [3.63, 3.8) is 0 Å². The summed E-state index contributed by atoms with van der Waals surface area (Å²) in [7, 11) is 0. The minimum atomic E-state index is -0.942. The first-order chi connectivity index (χ1) is 20.8. The highest BCUT2D eigenvalue weighted by Crippen LogP contribution is 2.30. The second-order valence-electron chi connectivity index (χ2n) is 10.4. The number of thioether (sulfide) groups is 1. The zero-order valence-corrected chi connectivity index (χ0v) is 25.4. The molecule has 1 heterocycles. The molecular weight excluding hydrogens is 579 g/mol. The number of carboxylic acid groups (broad SMARTS) is 2. The number of carbonyl (C=O) groups is 2. The Hall–Kier alpha value is -4.34. The fraction of sp³-hybridized carbons (Fsp3) is 0.176. The van der Waals surface area contributed by atoms with E-state index >= 15 is 0 Å². The van der Waals surface area contributed by atoms with Gasteiger partial charge in [0.15, 0.2) is 11.0 Å². The van der Waals surface area contributed by atoms with Gasteiger partial charge >= 0.3 is 11.9 Å². The van der Waals surface area contributed by atoms with Crippen LogP contribution in [0.15, 0.2) is 102 Å². The van der Waals surface area contributed by atoms with Crippen molar-refractivity contribution in [2.45, 2.75) is 36.9 Å². The molecule has 5 rings (SSSR count). The Labute approximate surface area is 259 Å². The molecule has 0 radical (unpaired) electrons. The molecule has 4 aromatic carbocycles. The molecule has 0 aliphatic rings. The first-order valence-corrected chi connectivity index (χ1v) is 15.8. The molecule has 0 saturated carbocycles. The summed E-state index contributed by atoms with van der Waals surface area (Å²) in [5.74, 6) is 0.731. The smallest absolute Gasteiger partial charge is 0.336 e. The maximum atomic E-state index is 11.6. The third kappa shape index (κ3) is 7.55. The lowest BCUT2D eigenvalue weighted by Gasteiger charge is -2.09. The lowest BCUT2D eigenvalue weighted by Crippen LogP contribution is -1.99. The predicted octanol–water partition coefficient (Wildman–Crippen LogP) is 8.20. The molecule has 7 nitrogen and oxygen atoms in total. The lowest BCUT2D eigenvalue weighted by atomic mass is 9.99. The van der Waals surface area contributed by atoms with Crippen LogP contribution in [0.1, 0.15) is 51.5 Å². The summed E-state index contributed by atoms with van der Waals surface area (Å²) in [5.41, 5.74) is 5.88. The van der Waals surface area contributed by atoms with Crippen LogP contribution >= 0.6 is 23.7 Å². The fourth-order valence-corrected chi connectivity index (χ4v) is 6.53. The van der Waals surface area contributed by atoms with Crippen LogP contribution in [0.3, 0.4) is 0 Å². The highest BCUT2D eigenvalue weighted by Gasteiger charge is 2.15. The van der Waals surface area contributed by atoms with E-state index < -0.39 is 11.9 Å².